The minimum atomic E-state index is 0.864. The molecule has 2 nitrogen and oxygen atoms in total. The maximum atomic E-state index is 4.35. The molecule has 1 heterocycles. The van der Waals surface area contributed by atoms with Crippen molar-refractivity contribution in [2.45, 2.75) is 6.42 Å². The zero-order valence-electron chi connectivity index (χ0n) is 9.64. The smallest absolute Gasteiger partial charge is 0.0448 e. The quantitative estimate of drug-likeness (QED) is 0.775. The van der Waals surface area contributed by atoms with E-state index in [1.807, 2.05) is 44.6 Å². The first-order chi connectivity index (χ1) is 7.77. The Morgan fingerprint density at radius 2 is 2.12 bits per heavy atom. The second kappa shape index (κ2) is 4.79. The highest BCUT2D eigenvalue weighted by Gasteiger charge is 2.04. The van der Waals surface area contributed by atoms with Crippen LogP contribution in [0.4, 0.5) is 5.69 Å². The zero-order chi connectivity index (χ0) is 11.4. The predicted octanol–water partition coefficient (Wildman–Crippen LogP) is 2.54. The van der Waals surface area contributed by atoms with Crippen molar-refractivity contribution < 1.29 is 0 Å². The Bertz CT molecular complexity index is 449. The predicted molar refractivity (Wildman–Crippen MR) is 66.6 cm³/mol. The topological polar surface area (TPSA) is 16.1 Å². The Morgan fingerprint density at radius 1 is 1.25 bits per heavy atom. The Balaban J connectivity index is 2.28. The van der Waals surface area contributed by atoms with E-state index in [2.05, 4.69) is 28.1 Å². The molecule has 1 aromatic heterocycles. The lowest BCUT2D eigenvalue weighted by Gasteiger charge is -2.16. The molecule has 2 aromatic rings. The molecule has 0 atom stereocenters. The van der Waals surface area contributed by atoms with Gasteiger partial charge in [0.2, 0.25) is 0 Å². The molecule has 0 saturated heterocycles. The van der Waals surface area contributed by atoms with Crippen LogP contribution in [0, 0.1) is 6.07 Å². The summed E-state index contributed by atoms with van der Waals surface area (Å²) in [6.45, 7) is 0. The summed E-state index contributed by atoms with van der Waals surface area (Å²) in [4.78, 5) is 6.45. The van der Waals surface area contributed by atoms with Crippen LogP contribution >= 0.6 is 0 Å². The summed E-state index contributed by atoms with van der Waals surface area (Å²) in [7, 11) is 4.09. The third kappa shape index (κ3) is 2.40. The van der Waals surface area contributed by atoms with Gasteiger partial charge in [-0.2, -0.15) is 0 Å². The fourth-order valence-electron chi connectivity index (χ4n) is 1.72. The highest BCUT2D eigenvalue weighted by atomic mass is 15.1. The molecule has 0 fully saturated rings. The van der Waals surface area contributed by atoms with Gasteiger partial charge >= 0.3 is 0 Å². The highest BCUT2D eigenvalue weighted by Crippen LogP contribution is 2.20. The minimum absolute atomic E-state index is 0.864. The van der Waals surface area contributed by atoms with Gasteiger partial charge < -0.3 is 4.90 Å². The van der Waals surface area contributed by atoms with E-state index in [9.17, 15) is 0 Å². The molecule has 1 aromatic carbocycles. The Morgan fingerprint density at radius 3 is 2.81 bits per heavy atom. The van der Waals surface area contributed by atoms with Gasteiger partial charge in [-0.3, -0.25) is 4.98 Å². The van der Waals surface area contributed by atoms with Crippen LogP contribution in [0.3, 0.4) is 0 Å². The van der Waals surface area contributed by atoms with Crippen molar-refractivity contribution in [2.75, 3.05) is 19.0 Å². The maximum absolute atomic E-state index is 4.35. The van der Waals surface area contributed by atoms with Crippen LogP contribution in [0.2, 0.25) is 0 Å². The molecule has 2 rings (SSSR count). The number of anilines is 1. The van der Waals surface area contributed by atoms with E-state index in [0.29, 0.717) is 0 Å². The van der Waals surface area contributed by atoms with Crippen LogP contribution in [0.15, 0.2) is 42.6 Å². The standard InChI is InChI=1S/C14H15N2/c1-16(2)14-9-4-3-7-12(14)11-13-8-5-6-10-15-13/h3,5-10H,11H2,1-2H3. The Kier molecular flexibility index (Phi) is 3.20. The summed E-state index contributed by atoms with van der Waals surface area (Å²) >= 11 is 0. The van der Waals surface area contributed by atoms with E-state index >= 15 is 0 Å². The van der Waals surface area contributed by atoms with Crippen LogP contribution in [-0.2, 0) is 6.42 Å². The lowest BCUT2D eigenvalue weighted by Crippen LogP contribution is -2.11. The van der Waals surface area contributed by atoms with E-state index < -0.39 is 0 Å². The maximum Gasteiger partial charge on any atom is 0.0448 e. The van der Waals surface area contributed by atoms with E-state index in [-0.39, 0.29) is 0 Å². The van der Waals surface area contributed by atoms with Gasteiger partial charge in [-0.05, 0) is 29.8 Å². The fraction of sp³-hybridized carbons (Fsp3) is 0.214. The van der Waals surface area contributed by atoms with Gasteiger partial charge in [0.15, 0.2) is 0 Å². The molecule has 0 amide bonds. The zero-order valence-corrected chi connectivity index (χ0v) is 9.64. The molecule has 0 bridgehead atoms. The van der Waals surface area contributed by atoms with Crippen molar-refractivity contribution >= 4 is 5.69 Å². The number of hydrogen-bond acceptors (Lipinski definition) is 2. The van der Waals surface area contributed by atoms with Crippen LogP contribution in [-0.4, -0.2) is 19.1 Å². The van der Waals surface area contributed by atoms with Crippen molar-refractivity contribution in [3.8, 4) is 0 Å². The summed E-state index contributed by atoms with van der Waals surface area (Å²) in [5, 5.41) is 0. The normalized spacial score (nSPS) is 10.1. The first-order valence-electron chi connectivity index (χ1n) is 5.33. The summed E-state index contributed by atoms with van der Waals surface area (Å²) in [5.41, 5.74) is 3.58. The van der Waals surface area contributed by atoms with Crippen LogP contribution in [0.25, 0.3) is 0 Å². The van der Waals surface area contributed by atoms with E-state index in [1.165, 1.54) is 11.3 Å². The summed E-state index contributed by atoms with van der Waals surface area (Å²) in [6, 6.07) is 15.2. The minimum Gasteiger partial charge on any atom is -0.377 e. The molecule has 16 heavy (non-hydrogen) atoms. The molecule has 0 aliphatic rings. The average molecular weight is 211 g/mol. The first kappa shape index (κ1) is 10.7. The number of aromatic nitrogens is 1. The van der Waals surface area contributed by atoms with E-state index in [0.717, 1.165) is 12.1 Å². The molecule has 2 heteroatoms. The van der Waals surface area contributed by atoms with Crippen molar-refractivity contribution in [3.05, 3.63) is 59.9 Å². The van der Waals surface area contributed by atoms with Gasteiger partial charge in [0, 0.05) is 38.1 Å². The molecule has 0 spiro atoms. The van der Waals surface area contributed by atoms with Gasteiger partial charge in [0.05, 0.1) is 0 Å². The van der Waals surface area contributed by atoms with Crippen molar-refractivity contribution in [3.63, 3.8) is 0 Å². The fourth-order valence-corrected chi connectivity index (χ4v) is 1.72. The van der Waals surface area contributed by atoms with E-state index in [1.54, 1.807) is 0 Å². The van der Waals surface area contributed by atoms with Crippen molar-refractivity contribution in [1.82, 2.24) is 4.98 Å². The van der Waals surface area contributed by atoms with Gasteiger partial charge in [-0.15, -0.1) is 0 Å². The molecular formula is C14H15N2. The summed E-state index contributed by atoms with van der Waals surface area (Å²) in [6.07, 6.45) is 2.70. The van der Waals surface area contributed by atoms with Gasteiger partial charge in [-0.25, -0.2) is 0 Å². The molecule has 0 saturated carbocycles. The molecule has 81 valence electrons. The number of hydrogen-bond donors (Lipinski definition) is 0. The molecule has 0 N–H and O–H groups in total. The lowest BCUT2D eigenvalue weighted by atomic mass is 10.1. The number of rotatable bonds is 3. The molecule has 0 unspecified atom stereocenters. The Hall–Kier alpha value is -1.83. The SMILES string of the molecule is CN(C)c1c[c]ccc1Cc1ccccn1. The van der Waals surface area contributed by atoms with Gasteiger partial charge in [0.1, 0.15) is 0 Å². The summed E-state index contributed by atoms with van der Waals surface area (Å²) in [5.74, 6) is 0. The lowest BCUT2D eigenvalue weighted by molar-refractivity contribution is 1.04. The van der Waals surface area contributed by atoms with Crippen molar-refractivity contribution in [2.24, 2.45) is 0 Å². The molecular weight excluding hydrogens is 196 g/mol. The monoisotopic (exact) mass is 211 g/mol. The summed E-state index contributed by atoms with van der Waals surface area (Å²) < 4.78 is 0. The average Bonchev–Trinajstić information content (AvgIpc) is 2.31. The number of nitrogens with zero attached hydrogens (tertiary/aromatic N) is 2. The largest absolute Gasteiger partial charge is 0.377 e. The van der Waals surface area contributed by atoms with Crippen LogP contribution in [0.1, 0.15) is 11.3 Å². The number of benzene rings is 1. The molecule has 0 aliphatic heterocycles. The van der Waals surface area contributed by atoms with Gasteiger partial charge in [-0.1, -0.05) is 18.2 Å². The molecule has 1 radical (unpaired) electrons. The highest BCUT2D eigenvalue weighted by molar-refractivity contribution is 5.53. The second-order valence-electron chi connectivity index (χ2n) is 3.95. The van der Waals surface area contributed by atoms with Crippen molar-refractivity contribution in [1.29, 1.82) is 0 Å². The second-order valence-corrected chi connectivity index (χ2v) is 3.95. The van der Waals surface area contributed by atoms with Crippen LogP contribution < -0.4 is 4.90 Å². The first-order valence-corrected chi connectivity index (χ1v) is 5.33. The third-order valence-corrected chi connectivity index (χ3v) is 2.51. The van der Waals surface area contributed by atoms with Gasteiger partial charge in [0.25, 0.3) is 0 Å². The molecule has 0 aliphatic carbocycles. The van der Waals surface area contributed by atoms with E-state index in [4.69, 9.17) is 0 Å². The van der Waals surface area contributed by atoms with Crippen LogP contribution in [0.5, 0.6) is 0 Å². The number of pyridine rings is 1. The Labute approximate surface area is 96.6 Å². The third-order valence-electron chi connectivity index (χ3n) is 2.51.